The number of aromatic nitrogens is 3. The minimum atomic E-state index is -0.999. The van der Waals surface area contributed by atoms with Crippen molar-refractivity contribution >= 4 is 27.9 Å². The van der Waals surface area contributed by atoms with Gasteiger partial charge in [0.25, 0.3) is 0 Å². The number of carboxylic acid groups (broad SMARTS) is 1. The molecule has 1 N–H and O–H groups in total. The molecule has 0 atom stereocenters. The molecule has 0 aliphatic rings. The predicted octanol–water partition coefficient (Wildman–Crippen LogP) is 7.67. The van der Waals surface area contributed by atoms with Crippen molar-refractivity contribution in [1.82, 2.24) is 14.5 Å². The van der Waals surface area contributed by atoms with Gasteiger partial charge in [0.2, 0.25) is 0 Å². The minimum Gasteiger partial charge on any atom is -0.487 e. The summed E-state index contributed by atoms with van der Waals surface area (Å²) in [5.74, 6) is 0.182. The molecule has 0 aliphatic carbocycles. The maximum absolute atomic E-state index is 13.7. The summed E-state index contributed by atoms with van der Waals surface area (Å²) in [5.41, 5.74) is 5.11. The van der Waals surface area contributed by atoms with Crippen LogP contribution in [0.5, 0.6) is 5.75 Å². The third-order valence-electron chi connectivity index (χ3n) is 7.47. The van der Waals surface area contributed by atoms with Gasteiger partial charge in [-0.25, -0.2) is 14.4 Å². The molecule has 0 spiro atoms. The second kappa shape index (κ2) is 11.1. The first-order valence-electron chi connectivity index (χ1n) is 13.8. The number of hydrogen-bond donors (Lipinski definition) is 1. The van der Waals surface area contributed by atoms with E-state index in [2.05, 4.69) is 9.55 Å². The molecule has 2 aromatic heterocycles. The number of fused-ring (bicyclic) bond motifs is 2. The SMILES string of the molecule is CC(C)(Cc1nc2cc(OCc3ccc4ccccc4n3)ccc2n1Cc1ccc(-c2cccc(F)c2)cc1)C(=O)O. The van der Waals surface area contributed by atoms with Crippen molar-refractivity contribution in [3.8, 4) is 16.9 Å². The van der Waals surface area contributed by atoms with Crippen LogP contribution in [0.1, 0.15) is 30.9 Å². The van der Waals surface area contributed by atoms with Gasteiger partial charge in [0.15, 0.2) is 0 Å². The quantitative estimate of drug-likeness (QED) is 0.197. The summed E-state index contributed by atoms with van der Waals surface area (Å²) >= 11 is 0. The average molecular weight is 560 g/mol. The van der Waals surface area contributed by atoms with Crippen LogP contribution >= 0.6 is 0 Å². The molecule has 210 valence electrons. The van der Waals surface area contributed by atoms with E-state index in [0.717, 1.165) is 44.3 Å². The Balaban J connectivity index is 1.28. The molecule has 0 fully saturated rings. The van der Waals surface area contributed by atoms with Gasteiger partial charge in [0, 0.05) is 24.4 Å². The van der Waals surface area contributed by atoms with Crippen LogP contribution in [0.15, 0.2) is 103 Å². The van der Waals surface area contributed by atoms with Gasteiger partial charge in [-0.15, -0.1) is 0 Å². The van der Waals surface area contributed by atoms with Crippen LogP contribution in [0.2, 0.25) is 0 Å². The third-order valence-corrected chi connectivity index (χ3v) is 7.47. The number of imidazole rings is 1. The van der Waals surface area contributed by atoms with Crippen molar-refractivity contribution in [2.45, 2.75) is 33.4 Å². The molecule has 2 heterocycles. The lowest BCUT2D eigenvalue weighted by molar-refractivity contribution is -0.146. The number of carbonyl (C=O) groups is 1. The van der Waals surface area contributed by atoms with Crippen LogP contribution < -0.4 is 4.74 Å². The van der Waals surface area contributed by atoms with Crippen LogP contribution in [0.25, 0.3) is 33.1 Å². The summed E-state index contributed by atoms with van der Waals surface area (Å²) in [6.45, 7) is 4.23. The lowest BCUT2D eigenvalue weighted by atomic mass is 9.89. The Labute approximate surface area is 243 Å². The van der Waals surface area contributed by atoms with Crippen LogP contribution in [-0.4, -0.2) is 25.6 Å². The highest BCUT2D eigenvalue weighted by atomic mass is 19.1. The monoisotopic (exact) mass is 559 g/mol. The predicted molar refractivity (Wildman–Crippen MR) is 162 cm³/mol. The molecule has 6 aromatic rings. The number of para-hydroxylation sites is 1. The Morgan fingerprint density at radius 1 is 0.857 bits per heavy atom. The number of carboxylic acids is 1. The van der Waals surface area contributed by atoms with Crippen molar-refractivity contribution < 1.29 is 19.0 Å². The normalized spacial score (nSPS) is 11.7. The van der Waals surface area contributed by atoms with Gasteiger partial charge >= 0.3 is 5.97 Å². The van der Waals surface area contributed by atoms with E-state index in [1.807, 2.05) is 84.9 Å². The smallest absolute Gasteiger partial charge is 0.309 e. The first-order valence-corrected chi connectivity index (χ1v) is 13.8. The Bertz CT molecular complexity index is 1910. The van der Waals surface area contributed by atoms with Crippen molar-refractivity contribution in [2.24, 2.45) is 5.41 Å². The van der Waals surface area contributed by atoms with E-state index in [9.17, 15) is 14.3 Å². The van der Waals surface area contributed by atoms with E-state index in [4.69, 9.17) is 9.72 Å². The first kappa shape index (κ1) is 27.1. The molecule has 42 heavy (non-hydrogen) atoms. The van der Waals surface area contributed by atoms with Gasteiger partial charge in [0.1, 0.15) is 24.0 Å². The number of aliphatic carboxylic acids is 1. The zero-order chi connectivity index (χ0) is 29.3. The third kappa shape index (κ3) is 5.72. The maximum Gasteiger partial charge on any atom is 0.309 e. The van der Waals surface area contributed by atoms with Crippen LogP contribution in [0.3, 0.4) is 0 Å². The van der Waals surface area contributed by atoms with Crippen molar-refractivity contribution in [1.29, 1.82) is 0 Å². The van der Waals surface area contributed by atoms with Crippen LogP contribution in [-0.2, 0) is 24.4 Å². The highest BCUT2D eigenvalue weighted by Crippen LogP contribution is 2.29. The number of nitrogens with zero attached hydrogens (tertiary/aromatic N) is 3. The standard InChI is InChI=1S/C35H30FN3O3/c1-35(2,34(40)41)20-33-38-31-19-29(42-22-28-15-14-25-6-3-4-9-30(25)37-28)16-17-32(31)39(33)21-23-10-12-24(13-11-23)26-7-5-8-27(36)18-26/h3-19H,20-22H2,1-2H3,(H,40,41). The van der Waals surface area contributed by atoms with E-state index in [0.29, 0.717) is 24.7 Å². The Hall–Kier alpha value is -5.04. The maximum atomic E-state index is 13.7. The lowest BCUT2D eigenvalue weighted by Gasteiger charge is -2.19. The van der Waals surface area contributed by atoms with E-state index >= 15 is 0 Å². The van der Waals surface area contributed by atoms with Gasteiger partial charge in [-0.3, -0.25) is 4.79 Å². The van der Waals surface area contributed by atoms with Gasteiger partial charge in [-0.1, -0.05) is 60.7 Å². The molecule has 0 saturated carbocycles. The fraction of sp³-hybridized carbons (Fsp3) is 0.171. The van der Waals surface area contributed by atoms with E-state index in [-0.39, 0.29) is 12.2 Å². The van der Waals surface area contributed by atoms with E-state index < -0.39 is 11.4 Å². The lowest BCUT2D eigenvalue weighted by Crippen LogP contribution is -2.27. The molecule has 0 amide bonds. The van der Waals surface area contributed by atoms with Gasteiger partial charge in [-0.2, -0.15) is 0 Å². The highest BCUT2D eigenvalue weighted by molar-refractivity contribution is 5.79. The Morgan fingerprint density at radius 3 is 2.45 bits per heavy atom. The van der Waals surface area contributed by atoms with Crippen LogP contribution in [0, 0.1) is 11.2 Å². The Kier molecular flexibility index (Phi) is 7.17. The van der Waals surface area contributed by atoms with Crippen molar-refractivity contribution in [3.05, 3.63) is 126 Å². The number of halogens is 1. The molecule has 0 aliphatic heterocycles. The molecule has 0 unspecified atom stereocenters. The van der Waals surface area contributed by atoms with Gasteiger partial charge in [-0.05, 0) is 66.9 Å². The van der Waals surface area contributed by atoms with E-state index in [1.165, 1.54) is 12.1 Å². The summed E-state index contributed by atoms with van der Waals surface area (Å²) in [6.07, 6.45) is 0.260. The summed E-state index contributed by atoms with van der Waals surface area (Å²) in [5, 5.41) is 10.9. The zero-order valence-electron chi connectivity index (χ0n) is 23.4. The topological polar surface area (TPSA) is 77.2 Å². The summed E-state index contributed by atoms with van der Waals surface area (Å²) < 4.78 is 21.9. The molecule has 4 aromatic carbocycles. The first-order chi connectivity index (χ1) is 20.2. The van der Waals surface area contributed by atoms with Gasteiger partial charge in [0.05, 0.1) is 27.7 Å². The summed E-state index contributed by atoms with van der Waals surface area (Å²) in [7, 11) is 0. The molecule has 0 radical (unpaired) electrons. The number of pyridine rings is 1. The van der Waals surface area contributed by atoms with Crippen molar-refractivity contribution in [2.75, 3.05) is 0 Å². The molecular formula is C35H30FN3O3. The molecule has 7 heteroatoms. The fourth-order valence-electron chi connectivity index (χ4n) is 5.03. The molecule has 0 saturated heterocycles. The zero-order valence-corrected chi connectivity index (χ0v) is 23.4. The molecule has 0 bridgehead atoms. The fourth-order valence-corrected chi connectivity index (χ4v) is 5.03. The Morgan fingerprint density at radius 2 is 1.67 bits per heavy atom. The largest absolute Gasteiger partial charge is 0.487 e. The van der Waals surface area contributed by atoms with Crippen LogP contribution in [0.4, 0.5) is 4.39 Å². The second-order valence-electron chi connectivity index (χ2n) is 11.1. The highest BCUT2D eigenvalue weighted by Gasteiger charge is 2.30. The number of hydrogen-bond acceptors (Lipinski definition) is 4. The average Bonchev–Trinajstić information content (AvgIpc) is 3.31. The van der Waals surface area contributed by atoms with Crippen molar-refractivity contribution in [3.63, 3.8) is 0 Å². The summed E-state index contributed by atoms with van der Waals surface area (Å²) in [6, 6.07) is 32.2. The van der Waals surface area contributed by atoms with Gasteiger partial charge < -0.3 is 14.4 Å². The molecular weight excluding hydrogens is 529 g/mol. The summed E-state index contributed by atoms with van der Waals surface area (Å²) in [4.78, 5) is 21.5. The molecule has 6 nitrogen and oxygen atoms in total. The second-order valence-corrected chi connectivity index (χ2v) is 11.1. The number of ether oxygens (including phenoxy) is 1. The number of rotatable bonds is 9. The number of benzene rings is 4. The van der Waals surface area contributed by atoms with E-state index in [1.54, 1.807) is 19.9 Å². The minimum absolute atomic E-state index is 0.260. The molecule has 6 rings (SSSR count).